The van der Waals surface area contributed by atoms with E-state index in [1.807, 2.05) is 6.92 Å². The molecular formula is C9H17O4S-. The minimum absolute atomic E-state index is 0.288. The summed E-state index contributed by atoms with van der Waals surface area (Å²) in [7, 11) is 0. The van der Waals surface area contributed by atoms with Crippen LogP contribution in [0.2, 0.25) is 0 Å². The molecule has 5 heteroatoms. The zero-order valence-corrected chi connectivity index (χ0v) is 9.26. The van der Waals surface area contributed by atoms with E-state index in [1.54, 1.807) is 12.2 Å². The quantitative estimate of drug-likeness (QED) is 0.372. The Bertz CT molecular complexity index is 151. The normalized spacial score (nSPS) is 11.0. The third kappa shape index (κ3) is 22.5. The Morgan fingerprint density at radius 3 is 2.07 bits per heavy atom. The molecule has 0 saturated heterocycles. The number of rotatable bonds is 7. The second-order valence-electron chi connectivity index (χ2n) is 2.14. The molecule has 0 aromatic carbocycles. The van der Waals surface area contributed by atoms with Gasteiger partial charge in [0.2, 0.25) is 0 Å². The first kappa shape index (κ1) is 16.0. The van der Waals surface area contributed by atoms with Crippen LogP contribution >= 0.6 is 0 Å². The van der Waals surface area contributed by atoms with Crippen LogP contribution in [0.15, 0.2) is 25.3 Å². The SMILES string of the molecule is C=CCOCC=C.CCCOS(=O)[O-]. The van der Waals surface area contributed by atoms with Gasteiger partial charge in [-0.25, -0.2) is 4.21 Å². The smallest absolute Gasteiger partial charge is 0.0842 e. The maximum absolute atomic E-state index is 9.54. The van der Waals surface area contributed by atoms with Gasteiger partial charge in [0, 0.05) is 0 Å². The van der Waals surface area contributed by atoms with Crippen molar-refractivity contribution in [1.29, 1.82) is 0 Å². The van der Waals surface area contributed by atoms with Crippen molar-refractivity contribution in [3.63, 3.8) is 0 Å². The predicted octanol–water partition coefficient (Wildman–Crippen LogP) is 1.58. The van der Waals surface area contributed by atoms with E-state index in [-0.39, 0.29) is 6.61 Å². The van der Waals surface area contributed by atoms with Gasteiger partial charge in [0.05, 0.1) is 31.2 Å². The van der Waals surface area contributed by atoms with Gasteiger partial charge in [0.1, 0.15) is 0 Å². The highest BCUT2D eigenvalue weighted by molar-refractivity contribution is 7.74. The fraction of sp³-hybridized carbons (Fsp3) is 0.556. The molecule has 0 aromatic heterocycles. The zero-order valence-electron chi connectivity index (χ0n) is 8.44. The van der Waals surface area contributed by atoms with E-state index in [2.05, 4.69) is 17.3 Å². The van der Waals surface area contributed by atoms with Crippen LogP contribution in [-0.4, -0.2) is 28.6 Å². The van der Waals surface area contributed by atoms with Crippen LogP contribution < -0.4 is 0 Å². The molecule has 0 aromatic rings. The van der Waals surface area contributed by atoms with E-state index in [0.717, 1.165) is 6.42 Å². The van der Waals surface area contributed by atoms with Crippen LogP contribution in [0, 0.1) is 0 Å². The van der Waals surface area contributed by atoms with Crippen molar-refractivity contribution in [2.45, 2.75) is 13.3 Å². The second-order valence-corrected chi connectivity index (χ2v) is 2.78. The monoisotopic (exact) mass is 221 g/mol. The molecule has 0 saturated carbocycles. The fourth-order valence-electron chi connectivity index (χ4n) is 0.386. The van der Waals surface area contributed by atoms with Crippen molar-refractivity contribution in [2.24, 2.45) is 0 Å². The van der Waals surface area contributed by atoms with E-state index >= 15 is 0 Å². The molecule has 0 aliphatic rings. The molecule has 0 N–H and O–H groups in total. The Balaban J connectivity index is 0. The Hall–Kier alpha value is -0.490. The van der Waals surface area contributed by atoms with Crippen molar-refractivity contribution in [3.05, 3.63) is 25.3 Å². The largest absolute Gasteiger partial charge is 0.750 e. The predicted molar refractivity (Wildman–Crippen MR) is 56.4 cm³/mol. The summed E-state index contributed by atoms with van der Waals surface area (Å²) in [6.45, 7) is 10.3. The number of hydrogen-bond acceptors (Lipinski definition) is 4. The van der Waals surface area contributed by atoms with E-state index < -0.39 is 11.4 Å². The molecule has 4 nitrogen and oxygen atoms in total. The van der Waals surface area contributed by atoms with Gasteiger partial charge in [-0.2, -0.15) is 0 Å². The van der Waals surface area contributed by atoms with E-state index in [0.29, 0.717) is 13.2 Å². The molecule has 84 valence electrons. The lowest BCUT2D eigenvalue weighted by Crippen LogP contribution is -1.95. The summed E-state index contributed by atoms with van der Waals surface area (Å²) in [5.74, 6) is 0. The first-order valence-corrected chi connectivity index (χ1v) is 5.21. The highest BCUT2D eigenvalue weighted by atomic mass is 32.2. The summed E-state index contributed by atoms with van der Waals surface area (Å²) in [5.41, 5.74) is 0. The molecule has 1 unspecified atom stereocenters. The molecule has 0 fully saturated rings. The molecule has 14 heavy (non-hydrogen) atoms. The third-order valence-electron chi connectivity index (χ3n) is 0.855. The first-order chi connectivity index (χ1) is 6.68. The molecule has 0 aliphatic carbocycles. The van der Waals surface area contributed by atoms with Gasteiger partial charge in [-0.1, -0.05) is 19.1 Å². The number of hydrogen-bond donors (Lipinski definition) is 0. The lowest BCUT2D eigenvalue weighted by atomic mass is 10.5. The van der Waals surface area contributed by atoms with Gasteiger partial charge in [-0.15, -0.1) is 13.2 Å². The second kappa shape index (κ2) is 15.0. The molecule has 0 spiro atoms. The van der Waals surface area contributed by atoms with E-state index in [9.17, 15) is 8.76 Å². The summed E-state index contributed by atoms with van der Waals surface area (Å²) >= 11 is -2.32. The Morgan fingerprint density at radius 2 is 1.86 bits per heavy atom. The Kier molecular flexibility index (Phi) is 17.1. The summed E-state index contributed by atoms with van der Waals surface area (Å²) in [6, 6.07) is 0. The van der Waals surface area contributed by atoms with Crippen LogP contribution in [0.25, 0.3) is 0 Å². The van der Waals surface area contributed by atoms with Crippen LogP contribution in [0.1, 0.15) is 13.3 Å². The molecule has 0 radical (unpaired) electrons. The molecular weight excluding hydrogens is 204 g/mol. The fourth-order valence-corrected chi connectivity index (χ4v) is 0.689. The van der Waals surface area contributed by atoms with E-state index in [4.69, 9.17) is 4.74 Å². The molecule has 0 aliphatic heterocycles. The third-order valence-corrected chi connectivity index (χ3v) is 1.21. The van der Waals surface area contributed by atoms with Gasteiger partial charge in [0.15, 0.2) is 0 Å². The van der Waals surface area contributed by atoms with Crippen molar-refractivity contribution in [2.75, 3.05) is 19.8 Å². The Morgan fingerprint density at radius 1 is 1.36 bits per heavy atom. The summed E-state index contributed by atoms with van der Waals surface area (Å²) in [6.07, 6.45) is 4.15. The lowest BCUT2D eigenvalue weighted by molar-refractivity contribution is 0.194. The van der Waals surface area contributed by atoms with Crippen LogP contribution in [0.5, 0.6) is 0 Å². The van der Waals surface area contributed by atoms with Crippen molar-refractivity contribution >= 4 is 11.4 Å². The van der Waals surface area contributed by atoms with E-state index in [1.165, 1.54) is 0 Å². The van der Waals surface area contributed by atoms with Crippen molar-refractivity contribution in [1.82, 2.24) is 0 Å². The maximum atomic E-state index is 9.54. The van der Waals surface area contributed by atoms with Gasteiger partial charge < -0.3 is 13.5 Å². The van der Waals surface area contributed by atoms with Gasteiger partial charge >= 0.3 is 0 Å². The minimum atomic E-state index is -2.32. The van der Waals surface area contributed by atoms with Gasteiger partial charge in [-0.3, -0.25) is 0 Å². The summed E-state index contributed by atoms with van der Waals surface area (Å²) in [5, 5.41) is 0. The minimum Gasteiger partial charge on any atom is -0.750 e. The Labute approximate surface area is 88.1 Å². The topological polar surface area (TPSA) is 58.6 Å². The molecule has 0 bridgehead atoms. The highest BCUT2D eigenvalue weighted by Crippen LogP contribution is 1.80. The summed E-state index contributed by atoms with van der Waals surface area (Å²) in [4.78, 5) is 0. The molecule has 0 amide bonds. The van der Waals surface area contributed by atoms with Gasteiger partial charge in [-0.05, 0) is 6.42 Å². The molecule has 0 heterocycles. The highest BCUT2D eigenvalue weighted by Gasteiger charge is 1.77. The number of ether oxygens (including phenoxy) is 1. The first-order valence-electron chi connectivity index (χ1n) is 4.21. The lowest BCUT2D eigenvalue weighted by Gasteiger charge is -2.01. The molecule has 0 rings (SSSR count). The average Bonchev–Trinajstić information content (AvgIpc) is 2.16. The van der Waals surface area contributed by atoms with Crippen LogP contribution in [0.3, 0.4) is 0 Å². The van der Waals surface area contributed by atoms with Crippen LogP contribution in [0.4, 0.5) is 0 Å². The van der Waals surface area contributed by atoms with Gasteiger partial charge in [0.25, 0.3) is 0 Å². The summed E-state index contributed by atoms with van der Waals surface area (Å²) < 4.78 is 28.1. The average molecular weight is 221 g/mol. The van der Waals surface area contributed by atoms with Crippen LogP contribution in [-0.2, 0) is 20.3 Å². The molecule has 1 atom stereocenters. The van der Waals surface area contributed by atoms with Crippen molar-refractivity contribution in [3.8, 4) is 0 Å². The van der Waals surface area contributed by atoms with Crippen molar-refractivity contribution < 1.29 is 17.7 Å². The standard InChI is InChI=1S/C6H10O.C3H8O3S/c1-3-5-7-6-4-2;1-2-3-6-7(4)5/h3-4H,1-2,5-6H2;2-3H2,1H3,(H,4,5)/p-1. The maximum Gasteiger partial charge on any atom is 0.0842 e. The zero-order chi connectivity index (χ0) is 11.2.